The van der Waals surface area contributed by atoms with Crippen LogP contribution in [0.4, 0.5) is 5.69 Å². The van der Waals surface area contributed by atoms with Crippen molar-refractivity contribution in [3.05, 3.63) is 86.3 Å². The molecule has 5 heteroatoms. The molecule has 1 aliphatic rings. The summed E-state index contributed by atoms with van der Waals surface area (Å²) in [6.45, 7) is 12.6. The minimum Gasteiger partial charge on any atom is -0.381 e. The van der Waals surface area contributed by atoms with Crippen LogP contribution in [0.25, 0.3) is 11.1 Å². The number of anilines is 1. The van der Waals surface area contributed by atoms with E-state index >= 15 is 0 Å². The molecule has 1 aliphatic heterocycles. The van der Waals surface area contributed by atoms with Crippen LogP contribution in [-0.4, -0.2) is 36.6 Å². The van der Waals surface area contributed by atoms with Crippen LogP contribution in [0.2, 0.25) is 0 Å². The van der Waals surface area contributed by atoms with Gasteiger partial charge in [-0.05, 0) is 94.3 Å². The number of aromatic nitrogens is 1. The molecule has 3 aromatic rings. The molecule has 36 heavy (non-hydrogen) atoms. The van der Waals surface area contributed by atoms with E-state index in [0.717, 1.165) is 71.8 Å². The van der Waals surface area contributed by atoms with Gasteiger partial charge in [-0.3, -0.25) is 9.59 Å². The van der Waals surface area contributed by atoms with Gasteiger partial charge in [-0.1, -0.05) is 29.8 Å². The molecule has 190 valence electrons. The van der Waals surface area contributed by atoms with E-state index < -0.39 is 0 Å². The van der Waals surface area contributed by atoms with Crippen molar-refractivity contribution in [2.75, 3.05) is 24.7 Å². The summed E-state index contributed by atoms with van der Waals surface area (Å²) >= 11 is 0. The molecule has 4 rings (SSSR count). The van der Waals surface area contributed by atoms with Crippen molar-refractivity contribution in [1.29, 1.82) is 0 Å². The van der Waals surface area contributed by atoms with E-state index in [2.05, 4.69) is 61.0 Å². The van der Waals surface area contributed by atoms with Crippen molar-refractivity contribution in [1.82, 2.24) is 4.98 Å². The second kappa shape index (κ2) is 11.3. The van der Waals surface area contributed by atoms with Gasteiger partial charge in [0, 0.05) is 54.7 Å². The Labute approximate surface area is 214 Å². The molecule has 1 fully saturated rings. The highest BCUT2D eigenvalue weighted by Crippen LogP contribution is 2.34. The molecule has 0 atom stereocenters. The fourth-order valence-corrected chi connectivity index (χ4v) is 5.39. The van der Waals surface area contributed by atoms with E-state index in [-0.39, 0.29) is 11.3 Å². The molecule has 1 aromatic heterocycles. The summed E-state index contributed by atoms with van der Waals surface area (Å²) in [5.41, 5.74) is 8.61. The molecule has 0 bridgehead atoms. The van der Waals surface area contributed by atoms with Crippen molar-refractivity contribution in [2.45, 2.75) is 66.3 Å². The third-order valence-electron chi connectivity index (χ3n) is 7.44. The van der Waals surface area contributed by atoms with Crippen LogP contribution in [0.3, 0.4) is 0 Å². The van der Waals surface area contributed by atoms with E-state index in [1.807, 2.05) is 26.0 Å². The van der Waals surface area contributed by atoms with Gasteiger partial charge in [-0.2, -0.15) is 0 Å². The van der Waals surface area contributed by atoms with Gasteiger partial charge in [0.15, 0.2) is 5.78 Å². The number of rotatable bonds is 8. The van der Waals surface area contributed by atoms with Crippen molar-refractivity contribution >= 4 is 11.5 Å². The maximum Gasteiger partial charge on any atom is 0.251 e. The Balaban J connectivity index is 1.73. The van der Waals surface area contributed by atoms with E-state index in [0.29, 0.717) is 24.4 Å². The first kappa shape index (κ1) is 25.9. The Morgan fingerprint density at radius 1 is 1.00 bits per heavy atom. The van der Waals surface area contributed by atoms with Crippen LogP contribution in [0.5, 0.6) is 0 Å². The monoisotopic (exact) mass is 486 g/mol. The number of hydrogen-bond donors (Lipinski definition) is 1. The summed E-state index contributed by atoms with van der Waals surface area (Å²) in [6.07, 6.45) is 2.71. The maximum absolute atomic E-state index is 13.7. The number of carbonyl (C=O) groups is 1. The van der Waals surface area contributed by atoms with Crippen LogP contribution in [-0.2, 0) is 11.2 Å². The number of ketones is 1. The summed E-state index contributed by atoms with van der Waals surface area (Å²) in [4.78, 5) is 31.5. The topological polar surface area (TPSA) is 62.4 Å². The second-order valence-corrected chi connectivity index (χ2v) is 10.0. The van der Waals surface area contributed by atoms with Crippen molar-refractivity contribution in [3.63, 3.8) is 0 Å². The van der Waals surface area contributed by atoms with Gasteiger partial charge in [0.1, 0.15) is 0 Å². The van der Waals surface area contributed by atoms with Crippen LogP contribution in [0.1, 0.15) is 64.5 Å². The van der Waals surface area contributed by atoms with Crippen molar-refractivity contribution in [2.24, 2.45) is 0 Å². The molecule has 0 amide bonds. The summed E-state index contributed by atoms with van der Waals surface area (Å²) in [5, 5.41) is 0. The number of ether oxygens (including phenoxy) is 1. The fraction of sp³-hybridized carbons (Fsp3) is 0.419. The predicted molar refractivity (Wildman–Crippen MR) is 147 cm³/mol. The number of aromatic amines is 1. The number of nitrogens with zero attached hydrogens (tertiary/aromatic N) is 1. The summed E-state index contributed by atoms with van der Waals surface area (Å²) in [7, 11) is 0. The lowest BCUT2D eigenvalue weighted by atomic mass is 9.91. The number of carbonyl (C=O) groups excluding carboxylic acids is 1. The summed E-state index contributed by atoms with van der Waals surface area (Å²) < 4.78 is 5.62. The molecule has 1 saturated heterocycles. The number of Topliss-reactive ketones (excluding diaryl/α,β-unsaturated/α-hetero) is 1. The van der Waals surface area contributed by atoms with Gasteiger partial charge in [-0.25, -0.2) is 0 Å². The van der Waals surface area contributed by atoms with Crippen LogP contribution in [0, 0.1) is 27.7 Å². The Kier molecular flexibility index (Phi) is 8.10. The molecule has 0 radical (unpaired) electrons. The highest BCUT2D eigenvalue weighted by Gasteiger charge is 2.25. The Morgan fingerprint density at radius 2 is 1.69 bits per heavy atom. The normalized spacial score (nSPS) is 14.1. The molecule has 0 unspecified atom stereocenters. The lowest BCUT2D eigenvalue weighted by Gasteiger charge is -2.37. The highest BCUT2D eigenvalue weighted by molar-refractivity contribution is 6.00. The summed E-state index contributed by atoms with van der Waals surface area (Å²) in [6, 6.07) is 15.1. The third kappa shape index (κ3) is 5.62. The number of hydrogen-bond acceptors (Lipinski definition) is 4. The zero-order valence-corrected chi connectivity index (χ0v) is 22.2. The Bertz CT molecular complexity index is 1280. The Morgan fingerprint density at radius 3 is 2.33 bits per heavy atom. The van der Waals surface area contributed by atoms with Crippen LogP contribution in [0.15, 0.2) is 47.3 Å². The highest BCUT2D eigenvalue weighted by atomic mass is 16.5. The fourth-order valence-electron chi connectivity index (χ4n) is 5.39. The number of nitrogens with one attached hydrogen (secondary N) is 1. The third-order valence-corrected chi connectivity index (χ3v) is 7.44. The zero-order valence-electron chi connectivity index (χ0n) is 22.2. The zero-order chi connectivity index (χ0) is 25.8. The lowest BCUT2D eigenvalue weighted by molar-refractivity contribution is 0.0846. The molecule has 0 aliphatic carbocycles. The molecule has 0 saturated carbocycles. The molecule has 0 spiro atoms. The van der Waals surface area contributed by atoms with E-state index in [9.17, 15) is 9.59 Å². The van der Waals surface area contributed by atoms with Crippen molar-refractivity contribution in [3.8, 4) is 11.1 Å². The van der Waals surface area contributed by atoms with Gasteiger partial charge in [-0.15, -0.1) is 0 Å². The first-order chi connectivity index (χ1) is 17.3. The van der Waals surface area contributed by atoms with Gasteiger partial charge in [0.05, 0.1) is 0 Å². The molecule has 5 nitrogen and oxygen atoms in total. The predicted octanol–water partition coefficient (Wildman–Crippen LogP) is 6.10. The van der Waals surface area contributed by atoms with Crippen LogP contribution < -0.4 is 10.5 Å². The number of aryl methyl sites for hydroxylation is 3. The molecular formula is C31H38N2O3. The molecule has 2 aromatic carbocycles. The standard InChI is InChI=1S/C31H38N2O3/c1-6-33(26-13-15-36-16-14-26)29-19-25(24-9-7-20(2)8-10-24)18-28(23(29)5)30(34)12-11-27-21(3)17-22(4)32-31(27)35/h7-10,17-19,26H,6,11-16H2,1-5H3,(H,32,35). The quantitative estimate of drug-likeness (QED) is 0.391. The minimum absolute atomic E-state index is 0.0742. The van der Waals surface area contributed by atoms with Gasteiger partial charge in [0.25, 0.3) is 5.56 Å². The first-order valence-corrected chi connectivity index (χ1v) is 13.1. The smallest absolute Gasteiger partial charge is 0.251 e. The van der Waals surface area contributed by atoms with E-state index in [1.54, 1.807) is 0 Å². The first-order valence-electron chi connectivity index (χ1n) is 13.1. The number of benzene rings is 2. The number of pyridine rings is 1. The lowest BCUT2D eigenvalue weighted by Crippen LogP contribution is -2.40. The SMILES string of the molecule is CCN(c1cc(-c2ccc(C)cc2)cc(C(=O)CCc2c(C)cc(C)[nH]c2=O)c1C)C1CCOCC1. The average Bonchev–Trinajstić information content (AvgIpc) is 2.86. The van der Waals surface area contributed by atoms with Gasteiger partial charge < -0.3 is 14.6 Å². The largest absolute Gasteiger partial charge is 0.381 e. The molecular weight excluding hydrogens is 448 g/mol. The molecule has 2 heterocycles. The van der Waals surface area contributed by atoms with Crippen LogP contribution >= 0.6 is 0 Å². The Hall–Kier alpha value is -3.18. The average molecular weight is 487 g/mol. The van der Waals surface area contributed by atoms with E-state index in [1.165, 1.54) is 5.56 Å². The molecule has 1 N–H and O–H groups in total. The maximum atomic E-state index is 13.7. The van der Waals surface area contributed by atoms with Crippen molar-refractivity contribution < 1.29 is 9.53 Å². The van der Waals surface area contributed by atoms with Gasteiger partial charge >= 0.3 is 0 Å². The van der Waals surface area contributed by atoms with E-state index in [4.69, 9.17) is 4.74 Å². The summed E-state index contributed by atoms with van der Waals surface area (Å²) in [5.74, 6) is 0.0742. The minimum atomic E-state index is -0.0946. The number of H-pyrrole nitrogens is 1. The van der Waals surface area contributed by atoms with Gasteiger partial charge in [0.2, 0.25) is 0 Å². The second-order valence-electron chi connectivity index (χ2n) is 10.0.